The Kier molecular flexibility index (Phi) is 10.9. The maximum Gasteiger partial charge on any atom is 0.434 e. The normalized spacial score (nSPS) is 12.2. The Balaban J connectivity index is 1.45. The first kappa shape index (κ1) is 34.7. The number of methoxy groups -OCH3 is 1. The number of aromatic nitrogens is 3. The summed E-state index contributed by atoms with van der Waals surface area (Å²) in [5, 5.41) is 0. The molecule has 0 amide bonds. The molecule has 0 aliphatic rings. The molecule has 247 valence electrons. The van der Waals surface area contributed by atoms with E-state index >= 15 is 0 Å². The summed E-state index contributed by atoms with van der Waals surface area (Å²) in [6.07, 6.45) is -2.16. The fourth-order valence-electron chi connectivity index (χ4n) is 4.32. The van der Waals surface area contributed by atoms with Gasteiger partial charge in [0.2, 0.25) is 0 Å². The minimum Gasteiger partial charge on any atom is -0.496 e. The van der Waals surface area contributed by atoms with Crippen LogP contribution in [0.15, 0.2) is 73.1 Å². The number of imidazole rings is 1. The smallest absolute Gasteiger partial charge is 0.434 e. The Morgan fingerprint density at radius 2 is 1.74 bits per heavy atom. The highest BCUT2D eigenvalue weighted by Crippen LogP contribution is 2.35. The highest BCUT2D eigenvalue weighted by molar-refractivity contribution is 6.76. The molecule has 0 fully saturated rings. The third-order valence-electron chi connectivity index (χ3n) is 7.13. The molecule has 0 saturated heterocycles. The van der Waals surface area contributed by atoms with E-state index in [4.69, 9.17) is 18.9 Å². The Labute approximate surface area is 268 Å². The first-order valence-corrected chi connectivity index (χ1v) is 18.6. The zero-order valence-corrected chi connectivity index (χ0v) is 28.0. The predicted molar refractivity (Wildman–Crippen MR) is 172 cm³/mol. The summed E-state index contributed by atoms with van der Waals surface area (Å²) in [6, 6.07) is 18.9. The molecular weight excluding hydrogens is 615 g/mol. The SMILES string of the molecule is COc1cc(OCC(C)(C)C(=O)OCc2ccccc2)ccc1-c1ccc(-c2nc(C(F)(F)F)cn2COCC[Si-](C)(C)C)cn1. The molecule has 2 aromatic heterocycles. The number of alkyl halides is 3. The van der Waals surface area contributed by atoms with Crippen LogP contribution in [0.3, 0.4) is 0 Å². The van der Waals surface area contributed by atoms with Crippen molar-refractivity contribution in [3.05, 3.63) is 84.3 Å². The van der Waals surface area contributed by atoms with E-state index < -0.39 is 25.4 Å². The Hall–Kier alpha value is -4.16. The summed E-state index contributed by atoms with van der Waals surface area (Å²) in [5.74, 6) is 0.682. The molecule has 0 atom stereocenters. The molecule has 46 heavy (non-hydrogen) atoms. The predicted octanol–water partition coefficient (Wildman–Crippen LogP) is 8.10. The summed E-state index contributed by atoms with van der Waals surface area (Å²) < 4.78 is 64.7. The minimum absolute atomic E-state index is 0.0541. The van der Waals surface area contributed by atoms with Crippen molar-refractivity contribution in [2.45, 2.75) is 59.0 Å². The van der Waals surface area contributed by atoms with E-state index in [1.165, 1.54) is 17.9 Å². The van der Waals surface area contributed by atoms with Crippen molar-refractivity contribution >= 4 is 14.0 Å². The number of hydrogen-bond donors (Lipinski definition) is 0. The number of carbonyl (C=O) groups is 1. The number of carbonyl (C=O) groups excluding carboxylic acids is 1. The van der Waals surface area contributed by atoms with Gasteiger partial charge in [-0.05, 0) is 43.7 Å². The zero-order valence-electron chi connectivity index (χ0n) is 27.0. The quantitative estimate of drug-likeness (QED) is 0.0771. The van der Waals surface area contributed by atoms with Gasteiger partial charge in [0.05, 0.1) is 18.2 Å². The van der Waals surface area contributed by atoms with Crippen LogP contribution in [0.5, 0.6) is 11.5 Å². The van der Waals surface area contributed by atoms with Gasteiger partial charge in [0.25, 0.3) is 0 Å². The Morgan fingerprint density at radius 3 is 2.37 bits per heavy atom. The lowest BCUT2D eigenvalue weighted by molar-refractivity contribution is -0.157. The second-order valence-corrected chi connectivity index (χ2v) is 18.4. The maximum absolute atomic E-state index is 13.5. The van der Waals surface area contributed by atoms with Gasteiger partial charge in [-0.1, -0.05) is 30.3 Å². The van der Waals surface area contributed by atoms with Gasteiger partial charge >= 0.3 is 12.1 Å². The number of pyridine rings is 1. The van der Waals surface area contributed by atoms with Crippen LogP contribution in [0, 0.1) is 5.41 Å². The second-order valence-electron chi connectivity index (χ2n) is 12.8. The lowest BCUT2D eigenvalue weighted by Crippen LogP contribution is -2.32. The minimum atomic E-state index is -4.60. The van der Waals surface area contributed by atoms with Crippen LogP contribution in [0.2, 0.25) is 25.7 Å². The molecule has 0 unspecified atom stereocenters. The van der Waals surface area contributed by atoms with Crippen LogP contribution in [0.25, 0.3) is 22.6 Å². The van der Waals surface area contributed by atoms with Crippen LogP contribution in [-0.4, -0.2) is 48.9 Å². The van der Waals surface area contributed by atoms with Crippen molar-refractivity contribution in [2.24, 2.45) is 5.41 Å². The number of rotatable bonds is 14. The molecule has 0 radical (unpaired) electrons. The summed E-state index contributed by atoms with van der Waals surface area (Å²) in [4.78, 5) is 21.1. The molecule has 0 bridgehead atoms. The van der Waals surface area contributed by atoms with Gasteiger partial charge in [0.1, 0.15) is 37.3 Å². The van der Waals surface area contributed by atoms with E-state index in [-0.39, 0.29) is 31.7 Å². The number of halogens is 3. The van der Waals surface area contributed by atoms with Crippen molar-refractivity contribution in [1.82, 2.24) is 14.5 Å². The van der Waals surface area contributed by atoms with E-state index in [2.05, 4.69) is 29.6 Å². The van der Waals surface area contributed by atoms with Gasteiger partial charge in [-0.3, -0.25) is 9.78 Å². The molecule has 0 N–H and O–H groups in total. The largest absolute Gasteiger partial charge is 0.496 e. The van der Waals surface area contributed by atoms with Gasteiger partial charge in [0, 0.05) is 36.2 Å². The van der Waals surface area contributed by atoms with Crippen LogP contribution in [-0.2, 0) is 33.8 Å². The van der Waals surface area contributed by atoms with Crippen LogP contribution in [0.4, 0.5) is 13.2 Å². The molecule has 4 aromatic rings. The van der Waals surface area contributed by atoms with Gasteiger partial charge in [0.15, 0.2) is 5.69 Å². The standard InChI is InChI=1S/C34H40F3N3O5Si/c1-33(2,32(41)44-21-24-10-8-7-9-11-24)22-45-26-13-14-27(29(18-26)42-3)28-15-12-25(19-38-28)31-39-30(34(35,36)37)20-40(31)23-43-16-17-46(4,5)6/h7-15,18-20H,16-17,21-23H2,1-6H3/q-1. The van der Waals surface area contributed by atoms with E-state index in [9.17, 15) is 18.0 Å². The summed E-state index contributed by atoms with van der Waals surface area (Å²) >= 11 is 0. The Bertz CT molecular complexity index is 1600. The van der Waals surface area contributed by atoms with Crippen molar-refractivity contribution in [3.8, 4) is 34.1 Å². The topological polar surface area (TPSA) is 84.7 Å². The average Bonchev–Trinajstić information content (AvgIpc) is 3.46. The van der Waals surface area contributed by atoms with Gasteiger partial charge < -0.3 is 23.5 Å². The monoisotopic (exact) mass is 655 g/mol. The summed E-state index contributed by atoms with van der Waals surface area (Å²) in [5.41, 5.74) is 0.593. The van der Waals surface area contributed by atoms with E-state index in [1.807, 2.05) is 30.3 Å². The van der Waals surface area contributed by atoms with E-state index in [1.54, 1.807) is 44.2 Å². The highest BCUT2D eigenvalue weighted by atomic mass is 28.3. The molecule has 4 rings (SSSR count). The first-order valence-electron chi connectivity index (χ1n) is 14.9. The van der Waals surface area contributed by atoms with Crippen LogP contribution in [0.1, 0.15) is 25.1 Å². The molecule has 0 saturated carbocycles. The molecule has 8 nitrogen and oxygen atoms in total. The van der Waals surface area contributed by atoms with E-state index in [0.717, 1.165) is 17.8 Å². The third-order valence-corrected chi connectivity index (χ3v) is 8.83. The molecule has 2 aromatic carbocycles. The molecule has 0 aliphatic heterocycles. The lowest BCUT2D eigenvalue weighted by atomic mass is 9.95. The molecular formula is C34H40F3N3O5Si-. The fraction of sp³-hybridized carbons (Fsp3) is 0.382. The fourth-order valence-corrected chi connectivity index (χ4v) is 5.08. The van der Waals surface area contributed by atoms with Crippen molar-refractivity contribution in [2.75, 3.05) is 20.3 Å². The number of ether oxygens (including phenoxy) is 4. The second kappa shape index (κ2) is 14.5. The molecule has 0 aliphatic carbocycles. The molecule has 12 heteroatoms. The van der Waals surface area contributed by atoms with E-state index in [0.29, 0.717) is 34.9 Å². The number of hydrogen-bond acceptors (Lipinski definition) is 7. The van der Waals surface area contributed by atoms with Crippen LogP contribution >= 0.6 is 0 Å². The van der Waals surface area contributed by atoms with Crippen molar-refractivity contribution in [3.63, 3.8) is 0 Å². The first-order chi connectivity index (χ1) is 21.7. The van der Waals surface area contributed by atoms with Gasteiger partial charge in [-0.2, -0.15) is 32.8 Å². The average molecular weight is 656 g/mol. The number of esters is 1. The summed E-state index contributed by atoms with van der Waals surface area (Å²) in [7, 11) is 0.157. The number of nitrogens with zero attached hydrogens (tertiary/aromatic N) is 3. The molecule has 2 heterocycles. The van der Waals surface area contributed by atoms with Crippen LogP contribution < -0.4 is 9.47 Å². The Morgan fingerprint density at radius 1 is 1.00 bits per heavy atom. The van der Waals surface area contributed by atoms with Gasteiger partial charge in [-0.25, -0.2) is 4.98 Å². The lowest BCUT2D eigenvalue weighted by Gasteiger charge is -2.26. The van der Waals surface area contributed by atoms with Gasteiger partial charge in [-0.15, -0.1) is 14.1 Å². The number of benzene rings is 2. The van der Waals surface area contributed by atoms with Crippen molar-refractivity contribution in [1.29, 1.82) is 0 Å². The zero-order chi connectivity index (χ0) is 33.5. The summed E-state index contributed by atoms with van der Waals surface area (Å²) in [6.45, 7) is 10.8. The van der Waals surface area contributed by atoms with Crippen molar-refractivity contribution < 1.29 is 36.9 Å². The molecule has 0 spiro atoms. The highest BCUT2D eigenvalue weighted by Gasteiger charge is 2.35. The maximum atomic E-state index is 13.5. The third kappa shape index (κ3) is 9.43.